The first kappa shape index (κ1) is 20.3. The van der Waals surface area contributed by atoms with Crippen molar-refractivity contribution >= 4 is 38.1 Å². The SMILES string of the molecule is COc1ccc(NS(=O)(=O)c2ccc(C)c(C(=O)Nc3nnc(C4CC4)s3)c2)cc1. The van der Waals surface area contributed by atoms with Crippen molar-refractivity contribution in [1.29, 1.82) is 0 Å². The number of aryl methyl sites for hydroxylation is 1. The number of carbonyl (C=O) groups excluding carboxylic acids is 1. The van der Waals surface area contributed by atoms with Gasteiger partial charge in [-0.25, -0.2) is 8.42 Å². The number of rotatable bonds is 7. The van der Waals surface area contributed by atoms with Crippen LogP contribution >= 0.6 is 11.3 Å². The lowest BCUT2D eigenvalue weighted by Gasteiger charge is -2.11. The Kier molecular flexibility index (Phi) is 5.44. The quantitative estimate of drug-likeness (QED) is 0.574. The maximum absolute atomic E-state index is 12.8. The lowest BCUT2D eigenvalue weighted by atomic mass is 10.1. The van der Waals surface area contributed by atoms with E-state index in [1.807, 2.05) is 0 Å². The van der Waals surface area contributed by atoms with E-state index in [4.69, 9.17) is 4.74 Å². The Morgan fingerprint density at radius 2 is 1.87 bits per heavy atom. The zero-order valence-corrected chi connectivity index (χ0v) is 18.0. The summed E-state index contributed by atoms with van der Waals surface area (Å²) in [5.41, 5.74) is 1.31. The number of benzene rings is 2. The molecule has 0 atom stereocenters. The molecule has 1 fully saturated rings. The van der Waals surface area contributed by atoms with E-state index in [0.29, 0.717) is 28.0 Å². The van der Waals surface area contributed by atoms with Crippen molar-refractivity contribution in [3.63, 3.8) is 0 Å². The molecule has 0 bridgehead atoms. The maximum Gasteiger partial charge on any atom is 0.261 e. The van der Waals surface area contributed by atoms with Crippen molar-refractivity contribution in [2.24, 2.45) is 0 Å². The first-order valence-electron chi connectivity index (χ1n) is 9.28. The highest BCUT2D eigenvalue weighted by Gasteiger charge is 2.28. The molecule has 0 saturated heterocycles. The zero-order valence-electron chi connectivity index (χ0n) is 16.4. The fourth-order valence-electron chi connectivity index (χ4n) is 2.83. The minimum Gasteiger partial charge on any atom is -0.497 e. The molecule has 156 valence electrons. The summed E-state index contributed by atoms with van der Waals surface area (Å²) in [6, 6.07) is 10.9. The second kappa shape index (κ2) is 8.04. The molecular formula is C20H20N4O4S2. The third-order valence-corrected chi connectivity index (χ3v) is 7.07. The van der Waals surface area contributed by atoms with Gasteiger partial charge in [0.1, 0.15) is 10.8 Å². The van der Waals surface area contributed by atoms with E-state index >= 15 is 0 Å². The molecule has 1 amide bonds. The minimum atomic E-state index is -3.87. The number of hydrogen-bond acceptors (Lipinski definition) is 7. The van der Waals surface area contributed by atoms with Gasteiger partial charge >= 0.3 is 0 Å². The average Bonchev–Trinajstić information content (AvgIpc) is 3.47. The number of anilines is 2. The second-order valence-corrected chi connectivity index (χ2v) is 9.68. The van der Waals surface area contributed by atoms with Crippen LogP contribution in [0.25, 0.3) is 0 Å². The van der Waals surface area contributed by atoms with Crippen LogP contribution in [0.2, 0.25) is 0 Å². The number of hydrogen-bond donors (Lipinski definition) is 2. The number of methoxy groups -OCH3 is 1. The van der Waals surface area contributed by atoms with Gasteiger partial charge in [0.05, 0.1) is 12.0 Å². The molecule has 3 aromatic rings. The highest BCUT2D eigenvalue weighted by atomic mass is 32.2. The van der Waals surface area contributed by atoms with Crippen molar-refractivity contribution in [3.05, 3.63) is 58.6 Å². The highest BCUT2D eigenvalue weighted by Crippen LogP contribution is 2.42. The van der Waals surface area contributed by atoms with E-state index in [1.165, 1.54) is 30.6 Å². The Bertz CT molecular complexity index is 1190. The van der Waals surface area contributed by atoms with Gasteiger partial charge in [-0.15, -0.1) is 10.2 Å². The average molecular weight is 445 g/mol. The molecule has 1 saturated carbocycles. The van der Waals surface area contributed by atoms with Gasteiger partial charge in [-0.05, 0) is 61.7 Å². The molecule has 10 heteroatoms. The summed E-state index contributed by atoms with van der Waals surface area (Å²) in [5, 5.41) is 12.2. The largest absolute Gasteiger partial charge is 0.497 e. The molecule has 0 aliphatic heterocycles. The summed E-state index contributed by atoms with van der Waals surface area (Å²) in [4.78, 5) is 12.7. The van der Waals surface area contributed by atoms with E-state index in [2.05, 4.69) is 20.2 Å². The number of nitrogens with one attached hydrogen (secondary N) is 2. The highest BCUT2D eigenvalue weighted by molar-refractivity contribution is 7.92. The minimum absolute atomic E-state index is 0.00926. The molecule has 1 aromatic heterocycles. The number of aromatic nitrogens is 2. The third-order valence-electron chi connectivity index (χ3n) is 4.69. The first-order valence-corrected chi connectivity index (χ1v) is 11.6. The molecule has 2 N–H and O–H groups in total. The molecule has 1 heterocycles. The van der Waals surface area contributed by atoms with E-state index in [9.17, 15) is 13.2 Å². The van der Waals surface area contributed by atoms with E-state index < -0.39 is 15.9 Å². The zero-order chi connectivity index (χ0) is 21.3. The van der Waals surface area contributed by atoms with Crippen molar-refractivity contribution in [2.45, 2.75) is 30.6 Å². The molecule has 2 aromatic carbocycles. The summed E-state index contributed by atoms with van der Waals surface area (Å²) in [7, 11) is -2.34. The Labute approximate surface area is 178 Å². The number of sulfonamides is 1. The van der Waals surface area contributed by atoms with Crippen molar-refractivity contribution < 1.29 is 17.9 Å². The van der Waals surface area contributed by atoms with Crippen LogP contribution in [0.4, 0.5) is 10.8 Å². The number of amides is 1. The first-order chi connectivity index (χ1) is 14.4. The second-order valence-electron chi connectivity index (χ2n) is 6.98. The lowest BCUT2D eigenvalue weighted by Crippen LogP contribution is -2.17. The Morgan fingerprint density at radius 1 is 1.13 bits per heavy atom. The Morgan fingerprint density at radius 3 is 2.53 bits per heavy atom. The summed E-state index contributed by atoms with van der Waals surface area (Å²) in [6.45, 7) is 1.75. The fraction of sp³-hybridized carbons (Fsp3) is 0.250. The van der Waals surface area contributed by atoms with E-state index in [0.717, 1.165) is 17.8 Å². The molecule has 1 aliphatic carbocycles. The number of ether oxygens (including phenoxy) is 1. The van der Waals surface area contributed by atoms with Crippen LogP contribution in [-0.4, -0.2) is 31.6 Å². The van der Waals surface area contributed by atoms with Crippen LogP contribution < -0.4 is 14.8 Å². The maximum atomic E-state index is 12.8. The molecule has 30 heavy (non-hydrogen) atoms. The molecule has 0 spiro atoms. The normalized spacial score (nSPS) is 13.7. The Balaban J connectivity index is 1.53. The predicted octanol–water partition coefficient (Wildman–Crippen LogP) is 3.79. The van der Waals surface area contributed by atoms with Crippen LogP contribution in [0.5, 0.6) is 5.75 Å². The molecule has 8 nitrogen and oxygen atoms in total. The van der Waals surface area contributed by atoms with Gasteiger partial charge in [0.2, 0.25) is 5.13 Å². The van der Waals surface area contributed by atoms with Crippen LogP contribution in [0.15, 0.2) is 47.4 Å². The predicted molar refractivity (Wildman–Crippen MR) is 115 cm³/mol. The summed E-state index contributed by atoms with van der Waals surface area (Å²) in [5.74, 6) is 0.647. The standard InChI is InChI=1S/C20H20N4O4S2/c1-12-3-10-16(30(26,27)24-14-6-8-15(28-2)9-7-14)11-17(12)18(25)21-20-23-22-19(29-20)13-4-5-13/h3,6-11,13,24H,4-5H2,1-2H3,(H,21,23,25). The van der Waals surface area contributed by atoms with Crippen LogP contribution in [0, 0.1) is 6.92 Å². The van der Waals surface area contributed by atoms with Gasteiger partial charge in [-0.2, -0.15) is 0 Å². The fourth-order valence-corrected chi connectivity index (χ4v) is 4.82. The van der Waals surface area contributed by atoms with Gasteiger partial charge in [0.25, 0.3) is 15.9 Å². The van der Waals surface area contributed by atoms with Crippen LogP contribution in [-0.2, 0) is 10.0 Å². The molecule has 0 radical (unpaired) electrons. The topological polar surface area (TPSA) is 110 Å². The van der Waals surface area contributed by atoms with Gasteiger partial charge < -0.3 is 4.74 Å². The monoisotopic (exact) mass is 444 g/mol. The molecule has 0 unspecified atom stereocenters. The van der Waals surface area contributed by atoms with Gasteiger partial charge in [-0.3, -0.25) is 14.8 Å². The summed E-state index contributed by atoms with van der Waals surface area (Å²) < 4.78 is 33.2. The van der Waals surface area contributed by atoms with Gasteiger partial charge in [0.15, 0.2) is 0 Å². The molecular weight excluding hydrogens is 424 g/mol. The summed E-state index contributed by atoms with van der Waals surface area (Å²) in [6.07, 6.45) is 2.20. The number of nitrogens with zero attached hydrogens (tertiary/aromatic N) is 2. The smallest absolute Gasteiger partial charge is 0.261 e. The van der Waals surface area contributed by atoms with Crippen molar-refractivity contribution in [1.82, 2.24) is 10.2 Å². The van der Waals surface area contributed by atoms with Crippen LogP contribution in [0.1, 0.15) is 39.7 Å². The number of carbonyl (C=O) groups is 1. The van der Waals surface area contributed by atoms with E-state index in [-0.39, 0.29) is 10.5 Å². The van der Waals surface area contributed by atoms with Crippen LogP contribution in [0.3, 0.4) is 0 Å². The summed E-state index contributed by atoms with van der Waals surface area (Å²) >= 11 is 1.35. The van der Waals surface area contributed by atoms with Crippen molar-refractivity contribution in [2.75, 3.05) is 17.1 Å². The lowest BCUT2D eigenvalue weighted by molar-refractivity contribution is 0.102. The molecule has 4 rings (SSSR count). The van der Waals surface area contributed by atoms with Crippen molar-refractivity contribution in [3.8, 4) is 5.75 Å². The van der Waals surface area contributed by atoms with Gasteiger partial charge in [0, 0.05) is 17.2 Å². The molecule has 1 aliphatic rings. The van der Waals surface area contributed by atoms with E-state index in [1.54, 1.807) is 37.3 Å². The third kappa shape index (κ3) is 4.44. The van der Waals surface area contributed by atoms with Gasteiger partial charge in [-0.1, -0.05) is 17.4 Å². The Hall–Kier alpha value is -2.98.